The smallest absolute Gasteiger partial charge is 0.132 e. The van der Waals surface area contributed by atoms with Gasteiger partial charge in [-0.15, -0.1) is 0 Å². The molecule has 0 radical (unpaired) electrons. The third-order valence-corrected chi connectivity index (χ3v) is 6.10. The number of nitrogens with one attached hydrogen (secondary N) is 2. The lowest BCUT2D eigenvalue weighted by Crippen LogP contribution is -2.27. The lowest BCUT2D eigenvalue weighted by atomic mass is 9.79. The Morgan fingerprint density at radius 3 is 2.34 bits per heavy atom. The molecule has 142 valence electrons. The van der Waals surface area contributed by atoms with Crippen molar-refractivity contribution in [3.8, 4) is 11.1 Å². The summed E-state index contributed by atoms with van der Waals surface area (Å²) in [6.07, 6.45) is 0. The molecular weight excluding hydrogens is 358 g/mol. The molecule has 2 aliphatic rings. The first-order valence-electron chi connectivity index (χ1n) is 9.81. The molecule has 6 N–H and O–H groups in total. The minimum atomic E-state index is -0.0362. The fraction of sp³-hybridized carbons (Fsp3) is 0.125. The summed E-state index contributed by atoms with van der Waals surface area (Å²) in [7, 11) is 0. The highest BCUT2D eigenvalue weighted by molar-refractivity contribution is 6.12. The van der Waals surface area contributed by atoms with Gasteiger partial charge in [-0.25, -0.2) is 0 Å². The van der Waals surface area contributed by atoms with Gasteiger partial charge in [0.1, 0.15) is 11.9 Å². The fourth-order valence-electron chi connectivity index (χ4n) is 4.85. The van der Waals surface area contributed by atoms with Crippen LogP contribution in [0.15, 0.2) is 65.7 Å². The molecule has 1 aliphatic heterocycles. The Bertz CT molecular complexity index is 1330. The maximum atomic E-state index is 6.15. The highest BCUT2D eigenvalue weighted by Crippen LogP contribution is 2.50. The van der Waals surface area contributed by atoms with E-state index in [2.05, 4.69) is 59.7 Å². The lowest BCUT2D eigenvalue weighted by molar-refractivity contribution is 0.566. The van der Waals surface area contributed by atoms with E-state index in [-0.39, 0.29) is 12.1 Å². The quantitative estimate of drug-likeness (QED) is 0.368. The molecule has 2 atom stereocenters. The topological polar surface area (TPSA) is 92.2 Å². The maximum absolute atomic E-state index is 6.15. The molecule has 4 aromatic rings. The van der Waals surface area contributed by atoms with E-state index in [9.17, 15) is 0 Å². The molecule has 1 aliphatic carbocycles. The minimum absolute atomic E-state index is 0.0332. The van der Waals surface area contributed by atoms with E-state index in [0.717, 1.165) is 39.5 Å². The first kappa shape index (κ1) is 16.2. The Morgan fingerprint density at radius 1 is 0.862 bits per heavy atom. The van der Waals surface area contributed by atoms with Gasteiger partial charge in [0, 0.05) is 33.5 Å². The summed E-state index contributed by atoms with van der Waals surface area (Å²) in [6.45, 7) is 2.10. The minimum Gasteiger partial charge on any atom is -0.399 e. The highest BCUT2D eigenvalue weighted by atomic mass is 15.1. The van der Waals surface area contributed by atoms with Crippen LogP contribution < -0.4 is 16.8 Å². The zero-order valence-corrected chi connectivity index (χ0v) is 16.0. The number of para-hydroxylation sites is 1. The van der Waals surface area contributed by atoms with Crippen molar-refractivity contribution in [3.63, 3.8) is 0 Å². The summed E-state index contributed by atoms with van der Waals surface area (Å²) in [4.78, 5) is 8.64. The van der Waals surface area contributed by atoms with E-state index in [1.807, 2.05) is 18.2 Å². The molecule has 5 heteroatoms. The number of aliphatic imine (C=N–C) groups is 1. The lowest BCUT2D eigenvalue weighted by Gasteiger charge is -2.30. The molecule has 6 rings (SSSR count). The van der Waals surface area contributed by atoms with Gasteiger partial charge < -0.3 is 21.8 Å². The second kappa shape index (κ2) is 5.64. The molecule has 29 heavy (non-hydrogen) atoms. The van der Waals surface area contributed by atoms with Crippen LogP contribution in [0.2, 0.25) is 0 Å². The molecule has 3 aromatic carbocycles. The number of nitrogens with zero attached hydrogens (tertiary/aromatic N) is 1. The molecule has 2 heterocycles. The molecule has 0 bridgehead atoms. The molecular formula is C24H21N5. The Labute approximate surface area is 168 Å². The number of nitrogen functional groups attached to an aromatic ring is 2. The second-order valence-electron chi connectivity index (χ2n) is 7.91. The van der Waals surface area contributed by atoms with Gasteiger partial charge >= 0.3 is 0 Å². The van der Waals surface area contributed by atoms with E-state index in [1.54, 1.807) is 0 Å². The number of H-pyrrole nitrogens is 1. The summed E-state index contributed by atoms with van der Waals surface area (Å²) in [5, 5.41) is 4.88. The molecule has 0 spiro atoms. The Hall–Kier alpha value is -3.73. The van der Waals surface area contributed by atoms with Crippen molar-refractivity contribution in [2.75, 3.05) is 11.5 Å². The third kappa shape index (κ3) is 2.24. The SMILES string of the molecule is Cc1[nH]c2ccccc2c1C1=NC2c3cc(N)ccc3-c3ccc(N)cc3C2N1. The number of hydrogen-bond acceptors (Lipinski definition) is 4. The molecule has 0 saturated carbocycles. The van der Waals surface area contributed by atoms with Crippen LogP contribution in [0.4, 0.5) is 11.4 Å². The number of benzene rings is 3. The van der Waals surface area contributed by atoms with Crippen LogP contribution in [0.5, 0.6) is 0 Å². The summed E-state index contributed by atoms with van der Waals surface area (Å²) < 4.78 is 0. The van der Waals surface area contributed by atoms with Crippen LogP contribution in [-0.4, -0.2) is 10.8 Å². The average molecular weight is 379 g/mol. The van der Waals surface area contributed by atoms with Gasteiger partial charge in [0.2, 0.25) is 0 Å². The van der Waals surface area contributed by atoms with E-state index in [4.69, 9.17) is 16.5 Å². The van der Waals surface area contributed by atoms with Crippen molar-refractivity contribution >= 4 is 28.1 Å². The number of nitrogens with two attached hydrogens (primary N) is 2. The molecule has 5 nitrogen and oxygen atoms in total. The van der Waals surface area contributed by atoms with Crippen molar-refractivity contribution in [2.24, 2.45) is 4.99 Å². The largest absolute Gasteiger partial charge is 0.399 e. The number of amidine groups is 1. The van der Waals surface area contributed by atoms with Gasteiger partial charge in [0.15, 0.2) is 0 Å². The number of aromatic nitrogens is 1. The first-order valence-corrected chi connectivity index (χ1v) is 9.81. The fourth-order valence-corrected chi connectivity index (χ4v) is 4.85. The number of anilines is 2. The van der Waals surface area contributed by atoms with Gasteiger partial charge in [-0.05, 0) is 59.5 Å². The van der Waals surface area contributed by atoms with Crippen LogP contribution >= 0.6 is 0 Å². The van der Waals surface area contributed by atoms with Gasteiger partial charge in [-0.3, -0.25) is 4.99 Å². The zero-order chi connectivity index (χ0) is 19.7. The van der Waals surface area contributed by atoms with Gasteiger partial charge in [-0.1, -0.05) is 30.3 Å². The highest BCUT2D eigenvalue weighted by Gasteiger charge is 2.39. The van der Waals surface area contributed by atoms with Crippen LogP contribution in [0.1, 0.15) is 34.5 Å². The molecule has 2 unspecified atom stereocenters. The third-order valence-electron chi connectivity index (χ3n) is 6.10. The van der Waals surface area contributed by atoms with Gasteiger partial charge in [0.05, 0.1) is 6.04 Å². The number of aromatic amines is 1. The number of aryl methyl sites for hydroxylation is 1. The Kier molecular flexibility index (Phi) is 3.16. The summed E-state index contributed by atoms with van der Waals surface area (Å²) in [6, 6.07) is 20.6. The monoisotopic (exact) mass is 379 g/mol. The van der Waals surface area contributed by atoms with Crippen LogP contribution in [0, 0.1) is 6.92 Å². The standard InChI is InChI=1S/C24H21N5/c1-12-21(17-4-2-3-5-20(17)27-12)24-28-22-18-10-13(25)6-8-15(18)16-9-7-14(26)11-19(16)23(22)29-24/h2-11,22-23,27H,25-26H2,1H3,(H,28,29). The van der Waals surface area contributed by atoms with Gasteiger partial charge in [-0.2, -0.15) is 0 Å². The Morgan fingerprint density at radius 2 is 1.55 bits per heavy atom. The second-order valence-corrected chi connectivity index (χ2v) is 7.91. The van der Waals surface area contributed by atoms with Crippen molar-refractivity contribution in [1.82, 2.24) is 10.3 Å². The van der Waals surface area contributed by atoms with Gasteiger partial charge in [0.25, 0.3) is 0 Å². The molecule has 0 amide bonds. The predicted octanol–water partition coefficient (Wildman–Crippen LogP) is 4.45. The zero-order valence-electron chi connectivity index (χ0n) is 16.0. The number of hydrogen-bond donors (Lipinski definition) is 4. The van der Waals surface area contributed by atoms with Crippen LogP contribution in [-0.2, 0) is 0 Å². The summed E-state index contributed by atoms with van der Waals surface area (Å²) in [5.74, 6) is 0.915. The average Bonchev–Trinajstić information content (AvgIpc) is 3.28. The van der Waals surface area contributed by atoms with Crippen molar-refractivity contribution < 1.29 is 0 Å². The summed E-state index contributed by atoms with van der Waals surface area (Å²) >= 11 is 0. The van der Waals surface area contributed by atoms with E-state index in [0.29, 0.717) is 0 Å². The van der Waals surface area contributed by atoms with Crippen molar-refractivity contribution in [3.05, 3.63) is 83.0 Å². The molecule has 1 aromatic heterocycles. The molecule has 0 saturated heterocycles. The number of rotatable bonds is 1. The maximum Gasteiger partial charge on any atom is 0.132 e. The normalized spacial score (nSPS) is 19.3. The van der Waals surface area contributed by atoms with Crippen molar-refractivity contribution in [1.29, 1.82) is 0 Å². The number of fused-ring (bicyclic) bond motifs is 7. The Balaban J connectivity index is 1.58. The van der Waals surface area contributed by atoms with Crippen LogP contribution in [0.25, 0.3) is 22.0 Å². The predicted molar refractivity (Wildman–Crippen MR) is 119 cm³/mol. The van der Waals surface area contributed by atoms with Crippen molar-refractivity contribution in [2.45, 2.75) is 19.0 Å². The van der Waals surface area contributed by atoms with Crippen LogP contribution in [0.3, 0.4) is 0 Å². The van der Waals surface area contributed by atoms with E-state index in [1.165, 1.54) is 22.1 Å². The van der Waals surface area contributed by atoms with E-state index < -0.39 is 0 Å². The first-order chi connectivity index (χ1) is 14.1. The van der Waals surface area contributed by atoms with E-state index >= 15 is 0 Å². The summed E-state index contributed by atoms with van der Waals surface area (Å²) in [5.41, 5.74) is 21.9. The molecule has 0 fully saturated rings.